The van der Waals surface area contributed by atoms with Gasteiger partial charge < -0.3 is 10.1 Å². The minimum atomic E-state index is 0.293. The first-order valence-corrected chi connectivity index (χ1v) is 9.20. The van der Waals surface area contributed by atoms with E-state index in [-0.39, 0.29) is 0 Å². The van der Waals surface area contributed by atoms with Crippen LogP contribution in [0, 0.1) is 16.7 Å². The lowest BCUT2D eigenvalue weighted by Gasteiger charge is -2.40. The van der Waals surface area contributed by atoms with Gasteiger partial charge in [0.1, 0.15) is 0 Å². The van der Waals surface area contributed by atoms with E-state index in [9.17, 15) is 0 Å². The third-order valence-electron chi connectivity index (χ3n) is 6.42. The molecule has 0 aliphatic heterocycles. The molecule has 118 valence electrons. The first kappa shape index (κ1) is 15.5. The summed E-state index contributed by atoms with van der Waals surface area (Å²) in [4.78, 5) is 1.40. The first-order chi connectivity index (χ1) is 9.93. The van der Waals surface area contributed by atoms with E-state index >= 15 is 0 Å². The highest BCUT2D eigenvalue weighted by Crippen LogP contribution is 2.66. The highest BCUT2D eigenvalue weighted by molar-refractivity contribution is 7.09. The molecule has 0 amide bonds. The van der Waals surface area contributed by atoms with E-state index in [1.54, 1.807) is 0 Å². The predicted molar refractivity (Wildman–Crippen MR) is 89.6 cm³/mol. The third kappa shape index (κ3) is 2.69. The molecule has 0 spiro atoms. The largest absolute Gasteiger partial charge is 0.373 e. The summed E-state index contributed by atoms with van der Waals surface area (Å²) in [6, 6.07) is 4.29. The topological polar surface area (TPSA) is 21.3 Å². The van der Waals surface area contributed by atoms with E-state index < -0.39 is 0 Å². The fourth-order valence-corrected chi connectivity index (χ4v) is 5.15. The highest BCUT2D eigenvalue weighted by Gasteiger charge is 2.62. The molecule has 0 saturated heterocycles. The van der Waals surface area contributed by atoms with Crippen LogP contribution in [0.2, 0.25) is 0 Å². The van der Waals surface area contributed by atoms with Crippen LogP contribution in [0.15, 0.2) is 17.5 Å². The van der Waals surface area contributed by atoms with E-state index in [1.807, 2.05) is 11.3 Å². The van der Waals surface area contributed by atoms with Crippen molar-refractivity contribution in [3.8, 4) is 0 Å². The molecule has 1 heterocycles. The smallest absolute Gasteiger partial charge is 0.0675 e. The Bertz CT molecular complexity index is 470. The molecule has 2 fully saturated rings. The molecule has 2 aliphatic carbocycles. The predicted octanol–water partition coefficient (Wildman–Crippen LogP) is 4.46. The number of nitrogens with one attached hydrogen (secondary N) is 1. The standard InChI is InChI=1S/C18H29NOS/c1-13(11-19-12-15-6-5-9-21-15)20-16-10-14-7-8-18(16,4)17(14,2)3/h5-6,9,13-14,16,19H,7-8,10-12H2,1-4H3. The number of hydrogen-bond donors (Lipinski definition) is 1. The molecule has 0 radical (unpaired) electrons. The van der Waals surface area contributed by atoms with Gasteiger partial charge in [-0.1, -0.05) is 26.8 Å². The molecular formula is C18H29NOS. The maximum atomic E-state index is 6.44. The van der Waals surface area contributed by atoms with Gasteiger partial charge in [0.25, 0.3) is 0 Å². The SMILES string of the molecule is CC(CNCc1cccs1)OC1CC2CCC1(C)C2(C)C. The van der Waals surface area contributed by atoms with Crippen LogP contribution in [0.4, 0.5) is 0 Å². The first-order valence-electron chi connectivity index (χ1n) is 8.32. The Morgan fingerprint density at radius 1 is 1.43 bits per heavy atom. The van der Waals surface area contributed by atoms with Gasteiger partial charge in [-0.15, -0.1) is 11.3 Å². The van der Waals surface area contributed by atoms with E-state index in [1.165, 1.54) is 24.1 Å². The van der Waals surface area contributed by atoms with Crippen LogP contribution in [0.1, 0.15) is 51.8 Å². The molecule has 4 atom stereocenters. The lowest BCUT2D eigenvalue weighted by Crippen LogP contribution is -2.40. The van der Waals surface area contributed by atoms with E-state index in [4.69, 9.17) is 4.74 Å². The van der Waals surface area contributed by atoms with Gasteiger partial charge in [-0.3, -0.25) is 0 Å². The van der Waals surface area contributed by atoms with E-state index in [2.05, 4.69) is 50.5 Å². The fraction of sp³-hybridized carbons (Fsp3) is 0.778. The summed E-state index contributed by atoms with van der Waals surface area (Å²) in [6.45, 7) is 11.5. The van der Waals surface area contributed by atoms with Crippen LogP contribution >= 0.6 is 11.3 Å². The summed E-state index contributed by atoms with van der Waals surface area (Å²) >= 11 is 1.81. The van der Waals surface area contributed by atoms with Gasteiger partial charge in [0.15, 0.2) is 0 Å². The number of rotatable bonds is 6. The molecule has 1 aromatic heterocycles. The second-order valence-electron chi connectivity index (χ2n) is 7.76. The van der Waals surface area contributed by atoms with Crippen LogP contribution in [0.25, 0.3) is 0 Å². The monoisotopic (exact) mass is 307 g/mol. The summed E-state index contributed by atoms with van der Waals surface area (Å²) in [5.74, 6) is 0.860. The Hall–Kier alpha value is -0.380. The lowest BCUT2D eigenvalue weighted by molar-refractivity contribution is -0.0791. The van der Waals surface area contributed by atoms with Crippen molar-refractivity contribution < 1.29 is 4.74 Å². The zero-order chi connectivity index (χ0) is 15.1. The molecule has 3 heteroatoms. The molecule has 4 unspecified atom stereocenters. The average molecular weight is 308 g/mol. The molecule has 2 aliphatic rings. The van der Waals surface area contributed by atoms with Crippen molar-refractivity contribution in [2.75, 3.05) is 6.54 Å². The molecular weight excluding hydrogens is 278 g/mol. The Balaban J connectivity index is 1.48. The van der Waals surface area contributed by atoms with Crippen LogP contribution < -0.4 is 5.32 Å². The normalized spacial score (nSPS) is 35.2. The van der Waals surface area contributed by atoms with Crippen LogP contribution in [0.3, 0.4) is 0 Å². The van der Waals surface area contributed by atoms with Crippen molar-refractivity contribution in [2.24, 2.45) is 16.7 Å². The van der Waals surface area contributed by atoms with E-state index in [0.29, 0.717) is 23.0 Å². The minimum Gasteiger partial charge on any atom is -0.373 e. The molecule has 1 aromatic rings. The Morgan fingerprint density at radius 2 is 2.24 bits per heavy atom. The van der Waals surface area contributed by atoms with Crippen molar-refractivity contribution in [2.45, 2.75) is 65.7 Å². The van der Waals surface area contributed by atoms with Gasteiger partial charge in [0, 0.05) is 18.0 Å². The van der Waals surface area contributed by atoms with Crippen LogP contribution in [-0.2, 0) is 11.3 Å². The maximum absolute atomic E-state index is 6.44. The number of ether oxygens (including phenoxy) is 1. The molecule has 21 heavy (non-hydrogen) atoms. The van der Waals surface area contributed by atoms with Gasteiger partial charge in [0.2, 0.25) is 0 Å². The average Bonchev–Trinajstić information content (AvgIpc) is 3.05. The molecule has 2 nitrogen and oxygen atoms in total. The maximum Gasteiger partial charge on any atom is 0.0675 e. The molecule has 3 rings (SSSR count). The fourth-order valence-electron chi connectivity index (χ4n) is 4.48. The van der Waals surface area contributed by atoms with Crippen molar-refractivity contribution in [3.63, 3.8) is 0 Å². The van der Waals surface area contributed by atoms with Crippen molar-refractivity contribution in [3.05, 3.63) is 22.4 Å². The number of fused-ring (bicyclic) bond motifs is 2. The van der Waals surface area contributed by atoms with Gasteiger partial charge in [-0.2, -0.15) is 0 Å². The highest BCUT2D eigenvalue weighted by atomic mass is 32.1. The van der Waals surface area contributed by atoms with Gasteiger partial charge in [0.05, 0.1) is 12.2 Å². The summed E-state index contributed by atoms with van der Waals surface area (Å²) in [6.07, 6.45) is 4.74. The van der Waals surface area contributed by atoms with Crippen LogP contribution in [0.5, 0.6) is 0 Å². The summed E-state index contributed by atoms with van der Waals surface area (Å²) < 4.78 is 6.44. The van der Waals surface area contributed by atoms with Crippen molar-refractivity contribution in [1.82, 2.24) is 5.32 Å². The summed E-state index contributed by atoms with van der Waals surface area (Å²) in [7, 11) is 0. The molecule has 0 aromatic carbocycles. The summed E-state index contributed by atoms with van der Waals surface area (Å²) in [5, 5.41) is 5.66. The molecule has 2 bridgehead atoms. The third-order valence-corrected chi connectivity index (χ3v) is 7.30. The number of thiophene rings is 1. The Morgan fingerprint density at radius 3 is 2.81 bits per heavy atom. The Kier molecular flexibility index (Phi) is 4.19. The second kappa shape index (κ2) is 5.68. The van der Waals surface area contributed by atoms with Crippen molar-refractivity contribution >= 4 is 11.3 Å². The lowest BCUT2D eigenvalue weighted by atomic mass is 9.70. The molecule has 1 N–H and O–H groups in total. The zero-order valence-corrected chi connectivity index (χ0v) is 14.6. The minimum absolute atomic E-state index is 0.293. The number of hydrogen-bond acceptors (Lipinski definition) is 3. The Labute approximate surface area is 133 Å². The van der Waals surface area contributed by atoms with Gasteiger partial charge in [-0.25, -0.2) is 0 Å². The zero-order valence-electron chi connectivity index (χ0n) is 13.8. The van der Waals surface area contributed by atoms with E-state index in [0.717, 1.165) is 19.0 Å². The van der Waals surface area contributed by atoms with Gasteiger partial charge in [-0.05, 0) is 54.4 Å². The van der Waals surface area contributed by atoms with Crippen molar-refractivity contribution in [1.29, 1.82) is 0 Å². The second-order valence-corrected chi connectivity index (χ2v) is 8.79. The summed E-state index contributed by atoms with van der Waals surface area (Å²) in [5.41, 5.74) is 0.821. The molecule has 2 saturated carbocycles. The van der Waals surface area contributed by atoms with Gasteiger partial charge >= 0.3 is 0 Å². The quantitative estimate of drug-likeness (QED) is 0.838. The van der Waals surface area contributed by atoms with Crippen LogP contribution in [-0.4, -0.2) is 18.8 Å².